The zero-order valence-corrected chi connectivity index (χ0v) is 19.9. The van der Waals surface area contributed by atoms with Crippen LogP contribution in [0.4, 0.5) is 0 Å². The summed E-state index contributed by atoms with van der Waals surface area (Å²) in [4.78, 5) is 12.5. The number of nitrogen functional groups attached to an aromatic ring is 1. The first kappa shape index (κ1) is 23.8. The van der Waals surface area contributed by atoms with Crippen LogP contribution in [0, 0.1) is 5.41 Å². The van der Waals surface area contributed by atoms with E-state index >= 15 is 0 Å². The van der Waals surface area contributed by atoms with Gasteiger partial charge in [-0.2, -0.15) is 0 Å². The molecule has 0 fully saturated rings. The summed E-state index contributed by atoms with van der Waals surface area (Å²) in [7, 11) is 0. The fourth-order valence-corrected chi connectivity index (χ4v) is 3.54. The Labute approximate surface area is 204 Å². The Morgan fingerprint density at radius 2 is 1.51 bits per heavy atom. The number of rotatable bonds is 10. The van der Waals surface area contributed by atoms with Crippen molar-refractivity contribution in [1.82, 2.24) is 9.97 Å². The second-order valence-corrected chi connectivity index (χ2v) is 8.44. The molecule has 3 aromatic carbocycles. The Kier molecular flexibility index (Phi) is 7.30. The lowest BCUT2D eigenvalue weighted by molar-refractivity contribution is 0.247. The SMILES string of the molecule is CC(C)N=C(N)c1ccc2nc(-c3ccc(OCCCOc4ccc(C(=N)N)cc4)cc3)[nH]c2c1. The van der Waals surface area contributed by atoms with E-state index in [0.29, 0.717) is 24.6 Å². The van der Waals surface area contributed by atoms with Gasteiger partial charge in [0.1, 0.15) is 29.0 Å². The first-order valence-corrected chi connectivity index (χ1v) is 11.5. The summed E-state index contributed by atoms with van der Waals surface area (Å²) in [5.41, 5.74) is 15.9. The van der Waals surface area contributed by atoms with Crippen molar-refractivity contribution in [3.8, 4) is 22.9 Å². The minimum atomic E-state index is 0.0442. The number of aliphatic imine (C=N–C) groups is 1. The van der Waals surface area contributed by atoms with Crippen molar-refractivity contribution < 1.29 is 9.47 Å². The smallest absolute Gasteiger partial charge is 0.138 e. The molecule has 0 spiro atoms. The highest BCUT2D eigenvalue weighted by Crippen LogP contribution is 2.24. The molecule has 8 nitrogen and oxygen atoms in total. The van der Waals surface area contributed by atoms with E-state index < -0.39 is 0 Å². The molecule has 0 aliphatic heterocycles. The van der Waals surface area contributed by atoms with Gasteiger partial charge < -0.3 is 25.9 Å². The van der Waals surface area contributed by atoms with Crippen molar-refractivity contribution in [2.75, 3.05) is 13.2 Å². The second-order valence-electron chi connectivity index (χ2n) is 8.44. The summed E-state index contributed by atoms with van der Waals surface area (Å²) in [6.45, 7) is 5.07. The largest absolute Gasteiger partial charge is 0.493 e. The average molecular weight is 471 g/mol. The fourth-order valence-electron chi connectivity index (χ4n) is 3.54. The highest BCUT2D eigenvalue weighted by molar-refractivity contribution is 6.00. The molecule has 0 saturated heterocycles. The van der Waals surface area contributed by atoms with Crippen molar-refractivity contribution in [3.05, 3.63) is 77.9 Å². The molecule has 4 aromatic rings. The Morgan fingerprint density at radius 3 is 2.11 bits per heavy atom. The topological polar surface area (TPSA) is 135 Å². The van der Waals surface area contributed by atoms with Crippen LogP contribution in [0.15, 0.2) is 71.7 Å². The number of imidazole rings is 1. The molecule has 0 atom stereocenters. The van der Waals surface area contributed by atoms with E-state index in [2.05, 4.69) is 9.98 Å². The number of nitrogens with zero attached hydrogens (tertiary/aromatic N) is 2. The van der Waals surface area contributed by atoms with Crippen LogP contribution in [-0.2, 0) is 0 Å². The summed E-state index contributed by atoms with van der Waals surface area (Å²) in [5, 5.41) is 7.42. The normalized spacial score (nSPS) is 11.7. The molecule has 0 aliphatic rings. The first-order chi connectivity index (χ1) is 16.9. The lowest BCUT2D eigenvalue weighted by atomic mass is 10.2. The predicted molar refractivity (Wildman–Crippen MR) is 140 cm³/mol. The molecule has 8 heteroatoms. The van der Waals surface area contributed by atoms with Crippen LogP contribution in [0.5, 0.6) is 11.5 Å². The van der Waals surface area contributed by atoms with Crippen LogP contribution < -0.4 is 20.9 Å². The highest BCUT2D eigenvalue weighted by atomic mass is 16.5. The van der Waals surface area contributed by atoms with Gasteiger partial charge in [0.15, 0.2) is 0 Å². The van der Waals surface area contributed by atoms with Gasteiger partial charge in [-0.15, -0.1) is 0 Å². The number of ether oxygens (including phenoxy) is 2. The van der Waals surface area contributed by atoms with E-state index in [1.807, 2.05) is 68.4 Å². The quantitative estimate of drug-likeness (QED) is 0.154. The van der Waals surface area contributed by atoms with Gasteiger partial charge in [0.2, 0.25) is 0 Å². The maximum Gasteiger partial charge on any atom is 0.138 e. The van der Waals surface area contributed by atoms with E-state index in [9.17, 15) is 0 Å². The van der Waals surface area contributed by atoms with E-state index in [0.717, 1.165) is 45.9 Å². The average Bonchev–Trinajstić information content (AvgIpc) is 3.27. The second kappa shape index (κ2) is 10.7. The number of benzene rings is 3. The van der Waals surface area contributed by atoms with Crippen LogP contribution in [0.3, 0.4) is 0 Å². The zero-order valence-electron chi connectivity index (χ0n) is 19.9. The molecular weight excluding hydrogens is 440 g/mol. The molecule has 0 aliphatic carbocycles. The molecule has 6 N–H and O–H groups in total. The molecule has 4 rings (SSSR count). The van der Waals surface area contributed by atoms with E-state index in [4.69, 9.17) is 31.3 Å². The number of fused-ring (bicyclic) bond motifs is 1. The number of amidine groups is 2. The van der Waals surface area contributed by atoms with E-state index in [1.165, 1.54) is 0 Å². The molecule has 1 aromatic heterocycles. The lowest BCUT2D eigenvalue weighted by Gasteiger charge is -2.09. The molecule has 0 bridgehead atoms. The van der Waals surface area contributed by atoms with E-state index in [-0.39, 0.29) is 11.9 Å². The van der Waals surface area contributed by atoms with Gasteiger partial charge >= 0.3 is 0 Å². The molecule has 0 amide bonds. The van der Waals surface area contributed by atoms with Gasteiger partial charge in [-0.1, -0.05) is 0 Å². The van der Waals surface area contributed by atoms with Gasteiger partial charge in [0.05, 0.1) is 24.2 Å². The predicted octanol–water partition coefficient (Wildman–Crippen LogP) is 4.48. The molecule has 180 valence electrons. The molecule has 0 radical (unpaired) electrons. The van der Waals surface area contributed by atoms with Crippen LogP contribution in [0.25, 0.3) is 22.4 Å². The standard InChI is InChI=1S/C27H30N6O2/c1-17(2)31-26(30)20-8-13-23-24(16-20)33-27(32-23)19-6-11-22(12-7-19)35-15-3-14-34-21-9-4-18(5-10-21)25(28)29/h4-13,16-17H,3,14-15H2,1-2H3,(H3,28,29)(H2,30,31)(H,32,33). The Bertz CT molecular complexity index is 1320. The molecular formula is C27H30N6O2. The number of H-pyrrole nitrogens is 1. The highest BCUT2D eigenvalue weighted by Gasteiger charge is 2.08. The third-order valence-corrected chi connectivity index (χ3v) is 5.29. The fraction of sp³-hybridized carbons (Fsp3) is 0.222. The van der Waals surface area contributed by atoms with Crippen molar-refractivity contribution in [3.63, 3.8) is 0 Å². The van der Waals surface area contributed by atoms with E-state index in [1.54, 1.807) is 12.1 Å². The summed E-state index contributed by atoms with van der Waals surface area (Å²) >= 11 is 0. The Hall–Kier alpha value is -4.33. The summed E-state index contributed by atoms with van der Waals surface area (Å²) in [6, 6.07) is 21.0. The van der Waals surface area contributed by atoms with Gasteiger partial charge in [-0.3, -0.25) is 10.4 Å². The monoisotopic (exact) mass is 470 g/mol. The van der Waals surface area contributed by atoms with Crippen molar-refractivity contribution in [1.29, 1.82) is 5.41 Å². The van der Waals surface area contributed by atoms with Gasteiger partial charge in [-0.25, -0.2) is 4.98 Å². The number of nitrogens with two attached hydrogens (primary N) is 2. The number of nitrogens with one attached hydrogen (secondary N) is 2. The zero-order chi connectivity index (χ0) is 24.8. The van der Waals surface area contributed by atoms with Crippen molar-refractivity contribution in [2.45, 2.75) is 26.3 Å². The van der Waals surface area contributed by atoms with Crippen LogP contribution in [-0.4, -0.2) is 40.9 Å². The third kappa shape index (κ3) is 6.17. The third-order valence-electron chi connectivity index (χ3n) is 5.29. The van der Waals surface area contributed by atoms with Gasteiger partial charge in [0.25, 0.3) is 0 Å². The maximum atomic E-state index is 7.42. The van der Waals surface area contributed by atoms with Gasteiger partial charge in [0, 0.05) is 29.2 Å². The molecule has 0 saturated carbocycles. The van der Waals surface area contributed by atoms with Crippen molar-refractivity contribution >= 4 is 22.7 Å². The Morgan fingerprint density at radius 1 is 0.914 bits per heavy atom. The van der Waals surface area contributed by atoms with Crippen LogP contribution in [0.1, 0.15) is 31.4 Å². The van der Waals surface area contributed by atoms with Crippen molar-refractivity contribution in [2.24, 2.45) is 16.5 Å². The summed E-state index contributed by atoms with van der Waals surface area (Å²) in [6.07, 6.45) is 0.741. The first-order valence-electron chi connectivity index (χ1n) is 11.5. The number of hydrogen-bond acceptors (Lipinski definition) is 5. The number of aromatic amines is 1. The summed E-state index contributed by atoms with van der Waals surface area (Å²) in [5.74, 6) is 2.88. The maximum absolute atomic E-state index is 7.42. The lowest BCUT2D eigenvalue weighted by Crippen LogP contribution is -2.15. The molecule has 35 heavy (non-hydrogen) atoms. The minimum Gasteiger partial charge on any atom is -0.493 e. The number of hydrogen-bond donors (Lipinski definition) is 4. The van der Waals surface area contributed by atoms with Gasteiger partial charge in [-0.05, 0) is 80.6 Å². The minimum absolute atomic E-state index is 0.0442. The van der Waals surface area contributed by atoms with Crippen LogP contribution >= 0.6 is 0 Å². The van der Waals surface area contributed by atoms with Crippen LogP contribution in [0.2, 0.25) is 0 Å². The Balaban J connectivity index is 1.30. The summed E-state index contributed by atoms with van der Waals surface area (Å²) < 4.78 is 11.5. The molecule has 0 unspecified atom stereocenters. The molecule has 1 heterocycles. The number of aromatic nitrogens is 2.